The van der Waals surface area contributed by atoms with Crippen LogP contribution >= 0.6 is 0 Å². The summed E-state index contributed by atoms with van der Waals surface area (Å²) in [6, 6.07) is 0. The highest BCUT2D eigenvalue weighted by molar-refractivity contribution is 5.87. The van der Waals surface area contributed by atoms with E-state index < -0.39 is 23.8 Å². The molecule has 0 aliphatic rings. The molecule has 0 aliphatic heterocycles. The number of carbonyl (C=O) groups is 2. The minimum absolute atomic E-state index is 0.0658. The molecule has 0 saturated heterocycles. The molecule has 0 radical (unpaired) electrons. The van der Waals surface area contributed by atoms with Gasteiger partial charge in [-0.15, -0.1) is 0 Å². The molecule has 0 aromatic rings. The second-order valence-corrected chi connectivity index (χ2v) is 5.27. The van der Waals surface area contributed by atoms with Gasteiger partial charge in [0.25, 0.3) is 0 Å². The summed E-state index contributed by atoms with van der Waals surface area (Å²) in [5.41, 5.74) is -0.800. The standard InChI is InChI=1S/C12H19F3N2O3/c1-8(5-6-16)7-11(2,3)17(4)10(19)20-9(18)12(13,14)15/h6,8,16H,5,7H2,1-4H3. The average molecular weight is 296 g/mol. The van der Waals surface area contributed by atoms with Crippen LogP contribution in [-0.4, -0.2) is 41.9 Å². The molecule has 5 nitrogen and oxygen atoms in total. The molecule has 0 spiro atoms. The lowest BCUT2D eigenvalue weighted by molar-refractivity contribution is -0.194. The topological polar surface area (TPSA) is 70.5 Å². The van der Waals surface area contributed by atoms with E-state index in [1.54, 1.807) is 13.8 Å². The van der Waals surface area contributed by atoms with Crippen LogP contribution in [0.3, 0.4) is 0 Å². The Morgan fingerprint density at radius 2 is 1.85 bits per heavy atom. The Morgan fingerprint density at radius 1 is 1.35 bits per heavy atom. The van der Waals surface area contributed by atoms with E-state index in [0.29, 0.717) is 12.8 Å². The van der Waals surface area contributed by atoms with Crippen LogP contribution in [0.25, 0.3) is 0 Å². The monoisotopic (exact) mass is 296 g/mol. The largest absolute Gasteiger partial charge is 0.491 e. The highest BCUT2D eigenvalue weighted by Crippen LogP contribution is 2.25. The smallest absolute Gasteiger partial charge is 0.369 e. The number of ether oxygens (including phenoxy) is 1. The molecule has 20 heavy (non-hydrogen) atoms. The first-order chi connectivity index (χ1) is 8.91. The second-order valence-electron chi connectivity index (χ2n) is 5.27. The second kappa shape index (κ2) is 6.71. The molecular formula is C12H19F3N2O3. The Bertz CT molecular complexity index is 381. The number of nitrogens with zero attached hydrogens (tertiary/aromatic N) is 1. The van der Waals surface area contributed by atoms with Gasteiger partial charge in [0.05, 0.1) is 0 Å². The number of nitrogens with one attached hydrogen (secondary N) is 1. The predicted octanol–water partition coefficient (Wildman–Crippen LogP) is 2.99. The van der Waals surface area contributed by atoms with Crippen LogP contribution in [0.5, 0.6) is 0 Å². The van der Waals surface area contributed by atoms with E-state index in [4.69, 9.17) is 5.41 Å². The van der Waals surface area contributed by atoms with Crippen LogP contribution < -0.4 is 0 Å². The van der Waals surface area contributed by atoms with Crippen molar-refractivity contribution in [3.63, 3.8) is 0 Å². The minimum Gasteiger partial charge on any atom is -0.369 e. The first-order valence-corrected chi connectivity index (χ1v) is 5.97. The molecular weight excluding hydrogens is 277 g/mol. The fraction of sp³-hybridized carbons (Fsp3) is 0.750. The molecule has 0 saturated carbocycles. The van der Waals surface area contributed by atoms with Crippen LogP contribution in [0.15, 0.2) is 0 Å². The first kappa shape index (κ1) is 18.4. The summed E-state index contributed by atoms with van der Waals surface area (Å²) in [6.07, 6.45) is -4.37. The number of halogens is 3. The van der Waals surface area contributed by atoms with Crippen molar-refractivity contribution < 1.29 is 27.5 Å². The van der Waals surface area contributed by atoms with Gasteiger partial charge in [-0.3, -0.25) is 0 Å². The lowest BCUT2D eigenvalue weighted by Crippen LogP contribution is -2.47. The maximum absolute atomic E-state index is 12.0. The number of esters is 1. The Morgan fingerprint density at radius 3 is 2.25 bits per heavy atom. The van der Waals surface area contributed by atoms with Gasteiger partial charge >= 0.3 is 18.2 Å². The van der Waals surface area contributed by atoms with Gasteiger partial charge in [0, 0.05) is 12.6 Å². The van der Waals surface area contributed by atoms with E-state index in [2.05, 4.69) is 4.74 Å². The van der Waals surface area contributed by atoms with E-state index in [0.717, 1.165) is 4.90 Å². The van der Waals surface area contributed by atoms with Crippen molar-refractivity contribution in [2.75, 3.05) is 7.05 Å². The van der Waals surface area contributed by atoms with E-state index in [1.165, 1.54) is 13.3 Å². The quantitative estimate of drug-likeness (QED) is 0.481. The summed E-state index contributed by atoms with van der Waals surface area (Å²) in [5, 5.41) is 6.99. The summed E-state index contributed by atoms with van der Waals surface area (Å²) >= 11 is 0. The lowest BCUT2D eigenvalue weighted by atomic mass is 9.89. The first-order valence-electron chi connectivity index (χ1n) is 5.97. The molecule has 0 aliphatic carbocycles. The number of hydrogen-bond acceptors (Lipinski definition) is 4. The minimum atomic E-state index is -5.20. The average Bonchev–Trinajstić information content (AvgIpc) is 2.25. The number of hydrogen-bond donors (Lipinski definition) is 1. The Labute approximate surface area is 115 Å². The maximum Gasteiger partial charge on any atom is 0.491 e. The van der Waals surface area contributed by atoms with Crippen LogP contribution in [0, 0.1) is 11.3 Å². The third-order valence-electron chi connectivity index (χ3n) is 2.96. The van der Waals surface area contributed by atoms with E-state index >= 15 is 0 Å². The Kier molecular flexibility index (Phi) is 6.18. The predicted molar refractivity (Wildman–Crippen MR) is 66.6 cm³/mol. The van der Waals surface area contributed by atoms with Gasteiger partial charge in [-0.05, 0) is 38.8 Å². The molecule has 0 bridgehead atoms. The fourth-order valence-corrected chi connectivity index (χ4v) is 1.73. The number of amides is 1. The Hall–Kier alpha value is -1.60. The maximum atomic E-state index is 12.0. The van der Waals surface area contributed by atoms with Crippen molar-refractivity contribution >= 4 is 18.3 Å². The fourth-order valence-electron chi connectivity index (χ4n) is 1.73. The molecule has 1 atom stereocenters. The van der Waals surface area contributed by atoms with E-state index in [-0.39, 0.29) is 5.92 Å². The summed E-state index contributed by atoms with van der Waals surface area (Å²) < 4.78 is 39.8. The summed E-state index contributed by atoms with van der Waals surface area (Å²) in [4.78, 5) is 23.1. The van der Waals surface area contributed by atoms with Gasteiger partial charge in [-0.25, -0.2) is 9.59 Å². The van der Waals surface area contributed by atoms with E-state index in [9.17, 15) is 22.8 Å². The van der Waals surface area contributed by atoms with Gasteiger partial charge in [0.1, 0.15) is 0 Å². The van der Waals surface area contributed by atoms with Gasteiger partial charge in [-0.2, -0.15) is 13.2 Å². The normalized spacial score (nSPS) is 13.6. The summed E-state index contributed by atoms with van der Waals surface area (Å²) in [5.74, 6) is -2.46. The molecule has 0 rings (SSSR count). The van der Waals surface area contributed by atoms with Crippen molar-refractivity contribution in [1.29, 1.82) is 5.41 Å². The molecule has 0 aromatic carbocycles. The number of alkyl halides is 3. The highest BCUT2D eigenvalue weighted by atomic mass is 19.4. The number of carbonyl (C=O) groups excluding carboxylic acids is 2. The Balaban J connectivity index is 4.70. The summed E-state index contributed by atoms with van der Waals surface area (Å²) in [7, 11) is 1.27. The van der Waals surface area contributed by atoms with Crippen LogP contribution in [0.4, 0.5) is 18.0 Å². The van der Waals surface area contributed by atoms with Gasteiger partial charge in [0.2, 0.25) is 0 Å². The molecule has 1 unspecified atom stereocenters. The number of rotatable bonds is 5. The molecule has 116 valence electrons. The van der Waals surface area contributed by atoms with Crippen LogP contribution in [0.2, 0.25) is 0 Å². The molecule has 0 heterocycles. The molecule has 0 aromatic heterocycles. The molecule has 1 N–H and O–H groups in total. The zero-order valence-electron chi connectivity index (χ0n) is 11.9. The molecule has 0 fully saturated rings. The van der Waals surface area contributed by atoms with Gasteiger partial charge in [0.15, 0.2) is 0 Å². The van der Waals surface area contributed by atoms with E-state index in [1.807, 2.05) is 6.92 Å². The third kappa shape index (κ3) is 5.58. The SMILES string of the molecule is CC(CC=N)CC(C)(C)N(C)C(=O)OC(=O)C(F)(F)F. The summed E-state index contributed by atoms with van der Waals surface area (Å²) in [6.45, 7) is 5.15. The van der Waals surface area contributed by atoms with Crippen LogP contribution in [0.1, 0.15) is 33.6 Å². The van der Waals surface area contributed by atoms with Crippen molar-refractivity contribution in [1.82, 2.24) is 4.90 Å². The lowest BCUT2D eigenvalue weighted by Gasteiger charge is -2.36. The van der Waals surface area contributed by atoms with Crippen molar-refractivity contribution in [3.05, 3.63) is 0 Å². The van der Waals surface area contributed by atoms with Crippen molar-refractivity contribution in [2.24, 2.45) is 5.92 Å². The zero-order chi connectivity index (χ0) is 16.1. The van der Waals surface area contributed by atoms with Crippen molar-refractivity contribution in [3.8, 4) is 0 Å². The van der Waals surface area contributed by atoms with Crippen LogP contribution in [-0.2, 0) is 9.53 Å². The molecule has 8 heteroatoms. The van der Waals surface area contributed by atoms with Gasteiger partial charge < -0.3 is 15.0 Å². The highest BCUT2D eigenvalue weighted by Gasteiger charge is 2.44. The third-order valence-corrected chi connectivity index (χ3v) is 2.96. The molecule has 1 amide bonds. The zero-order valence-corrected chi connectivity index (χ0v) is 11.9. The van der Waals surface area contributed by atoms with Gasteiger partial charge in [-0.1, -0.05) is 6.92 Å². The van der Waals surface area contributed by atoms with Crippen molar-refractivity contribution in [2.45, 2.75) is 45.3 Å².